The molecule has 6 nitrogen and oxygen atoms in total. The number of amides is 1. The Morgan fingerprint density at radius 1 is 0.919 bits per heavy atom. The van der Waals surface area contributed by atoms with Crippen molar-refractivity contribution in [3.05, 3.63) is 94.6 Å². The Bertz CT molecular complexity index is 1410. The average Bonchev–Trinajstić information content (AvgIpc) is 3.13. The van der Waals surface area contributed by atoms with Crippen molar-refractivity contribution in [1.29, 1.82) is 0 Å². The monoisotopic (exact) mass is 509 g/mol. The summed E-state index contributed by atoms with van der Waals surface area (Å²) < 4.78 is 42.5. The van der Waals surface area contributed by atoms with E-state index in [1.165, 1.54) is 42.0 Å². The van der Waals surface area contributed by atoms with Crippen molar-refractivity contribution < 1.29 is 37.7 Å². The first-order valence-electron chi connectivity index (χ1n) is 11.7. The van der Waals surface area contributed by atoms with Crippen molar-refractivity contribution in [3.63, 3.8) is 0 Å². The molecular formula is C28H22F3NO5. The second-order valence-electron chi connectivity index (χ2n) is 9.00. The number of ketones is 1. The van der Waals surface area contributed by atoms with E-state index in [-0.39, 0.29) is 22.8 Å². The molecule has 1 fully saturated rings. The van der Waals surface area contributed by atoms with Gasteiger partial charge in [0.1, 0.15) is 17.3 Å². The van der Waals surface area contributed by atoms with Gasteiger partial charge in [-0.15, -0.1) is 13.2 Å². The maximum absolute atomic E-state index is 13.3. The van der Waals surface area contributed by atoms with Crippen LogP contribution in [-0.4, -0.2) is 28.3 Å². The van der Waals surface area contributed by atoms with Crippen LogP contribution in [0.1, 0.15) is 41.1 Å². The number of benzene rings is 3. The molecule has 3 aromatic carbocycles. The van der Waals surface area contributed by atoms with Crippen molar-refractivity contribution in [3.8, 4) is 11.5 Å². The normalized spacial score (nSPS) is 19.1. The van der Waals surface area contributed by atoms with Crippen LogP contribution in [0.3, 0.4) is 0 Å². The van der Waals surface area contributed by atoms with E-state index in [2.05, 4.69) is 4.74 Å². The van der Waals surface area contributed by atoms with E-state index in [0.29, 0.717) is 11.1 Å². The second kappa shape index (κ2) is 9.31. The number of hydrogen-bond acceptors (Lipinski definition) is 5. The van der Waals surface area contributed by atoms with E-state index in [0.717, 1.165) is 48.3 Å². The van der Waals surface area contributed by atoms with Crippen LogP contribution in [0.25, 0.3) is 5.76 Å². The van der Waals surface area contributed by atoms with Gasteiger partial charge in [0, 0.05) is 17.3 Å². The number of anilines is 1. The molecule has 1 atom stereocenters. The Kier molecular flexibility index (Phi) is 6.15. The van der Waals surface area contributed by atoms with Gasteiger partial charge in [-0.05, 0) is 72.7 Å². The topological polar surface area (TPSA) is 87.1 Å². The number of ether oxygens (including phenoxy) is 1. The molecule has 2 N–H and O–H groups in total. The highest BCUT2D eigenvalue weighted by molar-refractivity contribution is 6.51. The minimum atomic E-state index is -4.95. The van der Waals surface area contributed by atoms with Crippen molar-refractivity contribution in [2.24, 2.45) is 0 Å². The smallest absolute Gasteiger partial charge is 0.508 e. The molecule has 1 unspecified atom stereocenters. The van der Waals surface area contributed by atoms with Gasteiger partial charge < -0.3 is 14.9 Å². The fourth-order valence-corrected chi connectivity index (χ4v) is 4.94. The molecule has 0 saturated carbocycles. The first-order chi connectivity index (χ1) is 17.6. The number of alkyl halides is 3. The SMILES string of the molecule is O=C1C(=O)N(c2cccc(OC(F)(F)F)c2)C(c2ccc(O)cc2)/C1=C(/O)c1ccc2c(c1)CCCC2. The van der Waals surface area contributed by atoms with Gasteiger partial charge in [-0.1, -0.05) is 30.3 Å². The summed E-state index contributed by atoms with van der Waals surface area (Å²) in [5, 5.41) is 21.1. The van der Waals surface area contributed by atoms with Gasteiger partial charge >= 0.3 is 6.36 Å². The number of phenols is 1. The van der Waals surface area contributed by atoms with Crippen LogP contribution in [0.5, 0.6) is 11.5 Å². The number of phenolic OH excluding ortho intramolecular Hbond substituents is 1. The lowest BCUT2D eigenvalue weighted by molar-refractivity contribution is -0.274. The number of fused-ring (bicyclic) bond motifs is 1. The van der Waals surface area contributed by atoms with Gasteiger partial charge in [0.25, 0.3) is 11.7 Å². The van der Waals surface area contributed by atoms with Crippen LogP contribution in [-0.2, 0) is 22.4 Å². The Morgan fingerprint density at radius 2 is 1.62 bits per heavy atom. The Balaban J connectivity index is 1.66. The summed E-state index contributed by atoms with van der Waals surface area (Å²) in [7, 11) is 0. The summed E-state index contributed by atoms with van der Waals surface area (Å²) >= 11 is 0. The number of hydrogen-bond donors (Lipinski definition) is 2. The first-order valence-corrected chi connectivity index (χ1v) is 11.7. The van der Waals surface area contributed by atoms with E-state index in [4.69, 9.17) is 0 Å². The zero-order valence-corrected chi connectivity index (χ0v) is 19.5. The number of aromatic hydroxyl groups is 1. The number of Topliss-reactive ketones (excluding diaryl/α,β-unsaturated/α-hetero) is 1. The van der Waals surface area contributed by atoms with E-state index in [9.17, 15) is 33.0 Å². The molecular weight excluding hydrogens is 487 g/mol. The molecule has 5 rings (SSSR count). The fraction of sp³-hybridized carbons (Fsp3) is 0.214. The summed E-state index contributed by atoms with van der Waals surface area (Å²) in [4.78, 5) is 27.6. The molecule has 1 aliphatic heterocycles. The molecule has 9 heteroatoms. The molecule has 37 heavy (non-hydrogen) atoms. The van der Waals surface area contributed by atoms with Crippen molar-refractivity contribution in [2.45, 2.75) is 38.1 Å². The number of aryl methyl sites for hydroxylation is 2. The van der Waals surface area contributed by atoms with E-state index in [1.54, 1.807) is 6.07 Å². The number of carbonyl (C=O) groups excluding carboxylic acids is 2. The van der Waals surface area contributed by atoms with E-state index >= 15 is 0 Å². The quantitative estimate of drug-likeness (QED) is 0.264. The number of aliphatic hydroxyl groups is 1. The number of rotatable bonds is 4. The molecule has 2 aliphatic rings. The Morgan fingerprint density at radius 3 is 2.32 bits per heavy atom. The third kappa shape index (κ3) is 4.76. The Hall–Kier alpha value is -4.27. The highest BCUT2D eigenvalue weighted by Crippen LogP contribution is 2.43. The summed E-state index contributed by atoms with van der Waals surface area (Å²) in [5.41, 5.74) is 2.75. The van der Waals surface area contributed by atoms with Crippen LogP contribution >= 0.6 is 0 Å². The lowest BCUT2D eigenvalue weighted by Gasteiger charge is -2.26. The molecule has 1 aliphatic carbocycles. The minimum Gasteiger partial charge on any atom is -0.508 e. The molecule has 0 radical (unpaired) electrons. The van der Waals surface area contributed by atoms with Gasteiger partial charge in [0.15, 0.2) is 0 Å². The highest BCUT2D eigenvalue weighted by Gasteiger charge is 2.47. The van der Waals surface area contributed by atoms with Crippen LogP contribution in [0.2, 0.25) is 0 Å². The molecule has 3 aromatic rings. The molecule has 0 aromatic heterocycles. The molecule has 1 saturated heterocycles. The van der Waals surface area contributed by atoms with Gasteiger partial charge in [-0.2, -0.15) is 0 Å². The van der Waals surface area contributed by atoms with Crippen LogP contribution in [0, 0.1) is 0 Å². The average molecular weight is 509 g/mol. The third-order valence-electron chi connectivity index (χ3n) is 6.60. The predicted octanol–water partition coefficient (Wildman–Crippen LogP) is 5.80. The number of halogens is 3. The molecule has 1 amide bonds. The molecule has 190 valence electrons. The highest BCUT2D eigenvalue weighted by atomic mass is 19.4. The van der Waals surface area contributed by atoms with Crippen LogP contribution in [0.4, 0.5) is 18.9 Å². The zero-order chi connectivity index (χ0) is 26.3. The molecule has 1 heterocycles. The summed E-state index contributed by atoms with van der Waals surface area (Å²) in [6, 6.07) is 14.7. The summed E-state index contributed by atoms with van der Waals surface area (Å²) in [6.45, 7) is 0. The zero-order valence-electron chi connectivity index (χ0n) is 19.5. The number of nitrogens with zero attached hydrogens (tertiary/aromatic N) is 1. The van der Waals surface area contributed by atoms with Gasteiger partial charge in [-0.25, -0.2) is 0 Å². The van der Waals surface area contributed by atoms with Crippen molar-refractivity contribution >= 4 is 23.1 Å². The third-order valence-corrected chi connectivity index (χ3v) is 6.60. The lowest BCUT2D eigenvalue weighted by atomic mass is 9.88. The first kappa shape index (κ1) is 24.4. The number of carbonyl (C=O) groups is 2. The van der Waals surface area contributed by atoms with Crippen molar-refractivity contribution in [2.75, 3.05) is 4.90 Å². The van der Waals surface area contributed by atoms with E-state index in [1.807, 2.05) is 12.1 Å². The predicted molar refractivity (Wildman–Crippen MR) is 129 cm³/mol. The summed E-state index contributed by atoms with van der Waals surface area (Å²) in [6.07, 6.45) is -1.12. The maximum Gasteiger partial charge on any atom is 0.573 e. The van der Waals surface area contributed by atoms with Gasteiger partial charge in [-0.3, -0.25) is 14.5 Å². The number of aliphatic hydroxyl groups excluding tert-OH is 1. The molecule has 0 spiro atoms. The Labute approximate surface area is 210 Å². The van der Waals surface area contributed by atoms with E-state index < -0.39 is 29.8 Å². The second-order valence-corrected chi connectivity index (χ2v) is 9.00. The van der Waals surface area contributed by atoms with Gasteiger partial charge in [0.05, 0.1) is 11.6 Å². The maximum atomic E-state index is 13.3. The lowest BCUT2D eigenvalue weighted by Crippen LogP contribution is -2.29. The van der Waals surface area contributed by atoms with Crippen molar-refractivity contribution in [1.82, 2.24) is 0 Å². The summed E-state index contributed by atoms with van der Waals surface area (Å²) in [5.74, 6) is -2.99. The molecule has 0 bridgehead atoms. The van der Waals surface area contributed by atoms with Crippen LogP contribution in [0.15, 0.2) is 72.3 Å². The van der Waals surface area contributed by atoms with Gasteiger partial charge in [0.2, 0.25) is 0 Å². The fourth-order valence-electron chi connectivity index (χ4n) is 4.94. The van der Waals surface area contributed by atoms with Crippen LogP contribution < -0.4 is 9.64 Å². The minimum absolute atomic E-state index is 0.0218. The largest absolute Gasteiger partial charge is 0.573 e. The standard InChI is InChI=1S/C28H22F3NO5/c29-28(30,31)37-22-7-3-6-20(15-22)32-24(17-10-12-21(33)13-11-17)23(26(35)27(32)36)25(34)19-9-8-16-4-1-2-5-18(16)14-19/h3,6-15,24,33-34H,1-2,4-5H2/b25-23-.